The second-order valence-corrected chi connectivity index (χ2v) is 26.3. The van der Waals surface area contributed by atoms with Gasteiger partial charge in [-0.15, -0.1) is 0 Å². The third-order valence-electron chi connectivity index (χ3n) is 3.19. The highest BCUT2D eigenvalue weighted by molar-refractivity contribution is 6.87. The predicted octanol–water partition coefficient (Wildman–Crippen LogP) is 4.25. The minimum Gasteiger partial charge on any atom is -0.454 e. The molecule has 1 N–H and O–H groups in total. The van der Waals surface area contributed by atoms with Crippen LogP contribution in [-0.2, 0) is 26.3 Å². The summed E-state index contributed by atoms with van der Waals surface area (Å²) in [5.74, 6) is -0.607. The number of rotatable bonds is 14. The molecule has 0 amide bonds. The van der Waals surface area contributed by atoms with Gasteiger partial charge in [0.05, 0.1) is 12.7 Å². The van der Waals surface area contributed by atoms with Crippen molar-refractivity contribution in [3.63, 3.8) is 0 Å². The van der Waals surface area contributed by atoms with Gasteiger partial charge in [0.2, 0.25) is 0 Å². The van der Waals surface area contributed by atoms with Crippen LogP contribution >= 0.6 is 0 Å². The number of ether oxygens (including phenoxy) is 1. The molecule has 172 valence electrons. The fourth-order valence-electron chi connectivity index (χ4n) is 2.48. The van der Waals surface area contributed by atoms with Crippen LogP contribution < -0.4 is 0 Å². The lowest BCUT2D eigenvalue weighted by molar-refractivity contribution is -0.154. The lowest BCUT2D eigenvalue weighted by atomic mass is 10.1. The van der Waals surface area contributed by atoms with Crippen LogP contribution in [0.25, 0.3) is 0 Å². The van der Waals surface area contributed by atoms with E-state index in [9.17, 15) is 9.90 Å². The molecule has 0 heterocycles. The maximum Gasteiger partial charge on any atom is 0.648 e. The third kappa shape index (κ3) is 13.0. The summed E-state index contributed by atoms with van der Waals surface area (Å²) >= 11 is 0. The topological polar surface area (TPSA) is 83.5 Å². The van der Waals surface area contributed by atoms with Crippen LogP contribution in [0.3, 0.4) is 0 Å². The van der Waals surface area contributed by atoms with Crippen molar-refractivity contribution in [3.05, 3.63) is 12.7 Å². The van der Waals surface area contributed by atoms with Crippen molar-refractivity contribution in [3.8, 4) is 0 Å². The zero-order valence-corrected chi connectivity index (χ0v) is 24.0. The van der Waals surface area contributed by atoms with Gasteiger partial charge < -0.3 is 26.6 Å². The Morgan fingerprint density at radius 1 is 0.897 bits per heavy atom. The van der Waals surface area contributed by atoms with Crippen LogP contribution in [0.15, 0.2) is 12.7 Å². The molecule has 0 rings (SSSR count). The van der Waals surface area contributed by atoms with Gasteiger partial charge in [-0.1, -0.05) is 19.9 Å². The maximum atomic E-state index is 11.8. The predicted molar refractivity (Wildman–Crippen MR) is 126 cm³/mol. The molecule has 0 spiro atoms. The summed E-state index contributed by atoms with van der Waals surface area (Å²) in [5.41, 5.74) is 0. The van der Waals surface area contributed by atoms with E-state index in [0.717, 1.165) is 12.5 Å². The minimum atomic E-state index is -3.59. The molecular weight excluding hydrogens is 441 g/mol. The molecule has 0 aliphatic carbocycles. The molecule has 0 aliphatic heterocycles. The molecule has 0 aromatic heterocycles. The molecule has 29 heavy (non-hydrogen) atoms. The van der Waals surface area contributed by atoms with E-state index < -0.39 is 52.2 Å². The summed E-state index contributed by atoms with van der Waals surface area (Å²) in [5, 5.41) is 9.89. The zero-order valence-electron chi connectivity index (χ0n) is 20.0. The fraction of sp³-hybridized carbons (Fsp3) is 0.833. The molecule has 0 fully saturated rings. The molecule has 0 saturated heterocycles. The Bertz CT molecular complexity index is 483. The number of hydrogen-bond donors (Lipinski definition) is 1. The third-order valence-corrected chi connectivity index (χ3v) is 14.1. The van der Waals surface area contributed by atoms with Crippen LogP contribution in [0.4, 0.5) is 0 Å². The number of aliphatic hydroxyl groups excluding tert-OH is 1. The molecule has 2 atom stereocenters. The Hall–Kier alpha value is -0.122. The highest BCUT2D eigenvalue weighted by Crippen LogP contribution is 2.29. The largest absolute Gasteiger partial charge is 0.648 e. The van der Waals surface area contributed by atoms with E-state index in [4.69, 9.17) is 21.5 Å². The first-order chi connectivity index (χ1) is 13.0. The highest BCUT2D eigenvalue weighted by Gasteiger charge is 2.55. The van der Waals surface area contributed by atoms with E-state index in [1.807, 2.05) is 6.92 Å². The van der Waals surface area contributed by atoms with Crippen molar-refractivity contribution in [2.24, 2.45) is 0 Å². The van der Waals surface area contributed by atoms with Crippen LogP contribution in [0, 0.1) is 0 Å². The van der Waals surface area contributed by atoms with Gasteiger partial charge in [0, 0.05) is 6.08 Å². The molecular formula is C18H42O7Si4. The second-order valence-electron chi connectivity index (χ2n) is 9.95. The van der Waals surface area contributed by atoms with E-state index in [2.05, 4.69) is 65.5 Å². The molecule has 0 bridgehead atoms. The molecule has 0 aromatic rings. The molecule has 0 aliphatic rings. The van der Waals surface area contributed by atoms with Gasteiger partial charge in [-0.05, 0) is 65.3 Å². The summed E-state index contributed by atoms with van der Waals surface area (Å²) in [6.07, 6.45) is 0.942. The number of aliphatic hydroxyl groups is 1. The van der Waals surface area contributed by atoms with Gasteiger partial charge in [0.1, 0.15) is 0 Å². The van der Waals surface area contributed by atoms with E-state index in [-0.39, 0.29) is 6.61 Å². The van der Waals surface area contributed by atoms with Gasteiger partial charge in [0.25, 0.3) is 0 Å². The number of carbonyl (C=O) groups excluding carboxylic acids is 1. The Morgan fingerprint density at radius 3 is 1.59 bits per heavy atom. The molecule has 0 saturated carbocycles. The van der Waals surface area contributed by atoms with Crippen molar-refractivity contribution in [1.82, 2.24) is 0 Å². The Labute approximate surface area is 181 Å². The van der Waals surface area contributed by atoms with Gasteiger partial charge in [-0.2, -0.15) is 0 Å². The van der Waals surface area contributed by atoms with Crippen LogP contribution in [0.1, 0.15) is 19.8 Å². The molecule has 0 radical (unpaired) electrons. The standard InChI is InChI=1S/C18H42O7Si4/c1-12-14-16(17(15-19)21-18(20)13-2)22-29(23-26(3,4)5,24-27(6,7)8)25-28(9,10)11/h13,16-17,19H,2,12,14-15H2,1,3-11H3. The van der Waals surface area contributed by atoms with E-state index >= 15 is 0 Å². The average molecular weight is 483 g/mol. The highest BCUT2D eigenvalue weighted by atomic mass is 28.5. The van der Waals surface area contributed by atoms with E-state index in [1.54, 1.807) is 0 Å². The average Bonchev–Trinajstić information content (AvgIpc) is 2.46. The van der Waals surface area contributed by atoms with Crippen molar-refractivity contribution < 1.29 is 31.4 Å². The van der Waals surface area contributed by atoms with Gasteiger partial charge in [0.15, 0.2) is 31.1 Å². The fourth-order valence-corrected chi connectivity index (χ4v) is 14.3. The van der Waals surface area contributed by atoms with Crippen molar-refractivity contribution in [2.45, 2.75) is 90.9 Å². The summed E-state index contributed by atoms with van der Waals surface area (Å²) in [6.45, 7) is 23.6. The number of hydrogen-bond acceptors (Lipinski definition) is 7. The Kier molecular flexibility index (Phi) is 11.4. The first-order valence-corrected chi connectivity index (χ1v) is 22.0. The van der Waals surface area contributed by atoms with Crippen molar-refractivity contribution in [1.29, 1.82) is 0 Å². The lowest BCUT2D eigenvalue weighted by Crippen LogP contribution is -2.64. The molecule has 7 nitrogen and oxygen atoms in total. The van der Waals surface area contributed by atoms with Gasteiger partial charge in [-0.3, -0.25) is 0 Å². The smallest absolute Gasteiger partial charge is 0.454 e. The van der Waals surface area contributed by atoms with Gasteiger partial charge >= 0.3 is 15.0 Å². The molecule has 11 heteroatoms. The molecule has 0 aromatic carbocycles. The summed E-state index contributed by atoms with van der Waals surface area (Å²) in [4.78, 5) is 11.8. The molecule has 2 unspecified atom stereocenters. The number of esters is 1. The zero-order chi connectivity index (χ0) is 23.1. The second kappa shape index (κ2) is 11.5. The maximum absolute atomic E-state index is 11.8. The summed E-state index contributed by atoms with van der Waals surface area (Å²) in [7, 11) is -9.95. The first-order valence-electron chi connectivity index (χ1n) is 10.2. The van der Waals surface area contributed by atoms with Gasteiger partial charge in [-0.25, -0.2) is 4.79 Å². The number of carbonyl (C=O) groups is 1. The van der Waals surface area contributed by atoms with Crippen LogP contribution in [0.5, 0.6) is 0 Å². The summed E-state index contributed by atoms with van der Waals surface area (Å²) < 4.78 is 31.4. The van der Waals surface area contributed by atoms with Crippen molar-refractivity contribution >= 4 is 40.0 Å². The van der Waals surface area contributed by atoms with Crippen LogP contribution in [-0.4, -0.2) is 63.9 Å². The normalized spacial score (nSPS) is 15.7. The van der Waals surface area contributed by atoms with Crippen LogP contribution in [0.2, 0.25) is 58.9 Å². The lowest BCUT2D eigenvalue weighted by Gasteiger charge is -2.43. The minimum absolute atomic E-state index is 0.373. The monoisotopic (exact) mass is 482 g/mol. The van der Waals surface area contributed by atoms with E-state index in [1.165, 1.54) is 0 Å². The first kappa shape index (κ1) is 28.9. The van der Waals surface area contributed by atoms with Crippen molar-refractivity contribution in [2.75, 3.05) is 6.61 Å². The quantitative estimate of drug-likeness (QED) is 0.225. The van der Waals surface area contributed by atoms with E-state index in [0.29, 0.717) is 6.42 Å². The Balaban J connectivity index is 6.18. The Morgan fingerprint density at radius 2 is 1.31 bits per heavy atom. The summed E-state index contributed by atoms with van der Waals surface area (Å²) in [6, 6.07) is 0. The SMILES string of the molecule is C=CC(=O)OC(CO)C(CCC)O[Si](O[Si](C)(C)C)(O[Si](C)(C)C)O[Si](C)(C)C.